The molecule has 1 amide bonds. The molecule has 0 saturated heterocycles. The van der Waals surface area contributed by atoms with E-state index in [1.54, 1.807) is 31.2 Å². The summed E-state index contributed by atoms with van der Waals surface area (Å²) in [5, 5.41) is 11.8. The summed E-state index contributed by atoms with van der Waals surface area (Å²) in [4.78, 5) is 27.2. The van der Waals surface area contributed by atoms with Crippen molar-refractivity contribution in [3.8, 4) is 11.5 Å². The summed E-state index contributed by atoms with van der Waals surface area (Å²) in [6.07, 6.45) is 1.82. The van der Waals surface area contributed by atoms with Crippen molar-refractivity contribution in [1.29, 1.82) is 0 Å². The number of carbonyl (C=O) groups is 2. The van der Waals surface area contributed by atoms with Crippen LogP contribution in [-0.2, 0) is 4.79 Å². The van der Waals surface area contributed by atoms with Gasteiger partial charge in [0.1, 0.15) is 0 Å². The van der Waals surface area contributed by atoms with Gasteiger partial charge in [-0.1, -0.05) is 42.1 Å². The van der Waals surface area contributed by atoms with Crippen molar-refractivity contribution in [2.24, 2.45) is 0 Å². The van der Waals surface area contributed by atoms with E-state index in [9.17, 15) is 9.59 Å². The Balaban J connectivity index is 1.45. The molecule has 0 fully saturated rings. The molecule has 2 heterocycles. The number of nitrogens with one attached hydrogen (secondary N) is 2. The summed E-state index contributed by atoms with van der Waals surface area (Å²) in [6.45, 7) is 3.24. The fraction of sp³-hybridized carbons (Fsp3) is 0.143. The molecular formula is C21H18N4O3S. The molecule has 0 aliphatic carbocycles. The second-order valence-corrected chi connectivity index (χ2v) is 7.80. The van der Waals surface area contributed by atoms with Gasteiger partial charge in [0, 0.05) is 28.4 Å². The average molecular weight is 406 g/mol. The van der Waals surface area contributed by atoms with Gasteiger partial charge < -0.3 is 14.7 Å². The number of Topliss-reactive ketones (excluding diaryl/α,β-unsaturated/α-hetero) is 1. The Labute approximate surface area is 170 Å². The van der Waals surface area contributed by atoms with E-state index in [2.05, 4.69) is 20.5 Å². The summed E-state index contributed by atoms with van der Waals surface area (Å²) in [5.74, 6) is 0.119. The number of para-hydroxylation sites is 1. The van der Waals surface area contributed by atoms with Gasteiger partial charge in [-0.15, -0.1) is 10.2 Å². The number of nitrogens with zero attached hydrogens (tertiary/aromatic N) is 2. The molecule has 8 heteroatoms. The third kappa shape index (κ3) is 4.07. The molecule has 0 spiro atoms. The molecule has 2 N–H and O–H groups in total. The van der Waals surface area contributed by atoms with Gasteiger partial charge in [0.25, 0.3) is 11.1 Å². The first kappa shape index (κ1) is 18.9. The number of thioether (sulfide) groups is 1. The van der Waals surface area contributed by atoms with E-state index < -0.39 is 5.25 Å². The minimum absolute atomic E-state index is 0.0563. The molecule has 2 aromatic carbocycles. The van der Waals surface area contributed by atoms with Crippen LogP contribution in [0.25, 0.3) is 22.4 Å². The standard InChI is InChI=1S/C21H18N4O3S/c1-12(26)14-6-5-7-15(10-14)23-19(27)13(2)29-21-25-24-20(28-21)17-11-22-18-9-4-3-8-16(17)18/h3-11,13,22H,1-2H3,(H,23,27). The van der Waals surface area contributed by atoms with Gasteiger partial charge in [0.05, 0.1) is 10.8 Å². The zero-order valence-electron chi connectivity index (χ0n) is 15.8. The lowest BCUT2D eigenvalue weighted by Crippen LogP contribution is -2.22. The van der Waals surface area contributed by atoms with Gasteiger partial charge in [0.2, 0.25) is 5.91 Å². The van der Waals surface area contributed by atoms with E-state index in [0.29, 0.717) is 22.4 Å². The minimum atomic E-state index is -0.466. The number of hydrogen-bond donors (Lipinski definition) is 2. The highest BCUT2D eigenvalue weighted by Gasteiger charge is 2.20. The number of fused-ring (bicyclic) bond motifs is 1. The lowest BCUT2D eigenvalue weighted by Gasteiger charge is -2.10. The highest BCUT2D eigenvalue weighted by Crippen LogP contribution is 2.31. The molecule has 7 nitrogen and oxygen atoms in total. The monoisotopic (exact) mass is 406 g/mol. The third-order valence-electron chi connectivity index (χ3n) is 4.41. The van der Waals surface area contributed by atoms with Crippen molar-refractivity contribution in [2.75, 3.05) is 5.32 Å². The van der Waals surface area contributed by atoms with Crippen molar-refractivity contribution in [3.05, 3.63) is 60.3 Å². The largest absolute Gasteiger partial charge is 0.411 e. The maximum Gasteiger partial charge on any atom is 0.277 e. The van der Waals surface area contributed by atoms with E-state index in [1.165, 1.54) is 18.7 Å². The summed E-state index contributed by atoms with van der Waals surface area (Å²) in [6, 6.07) is 14.7. The molecule has 0 aliphatic heterocycles. The fourth-order valence-electron chi connectivity index (χ4n) is 2.88. The number of amides is 1. The van der Waals surface area contributed by atoms with Crippen LogP contribution in [0.3, 0.4) is 0 Å². The Bertz CT molecular complexity index is 1200. The van der Waals surface area contributed by atoms with Crippen molar-refractivity contribution in [1.82, 2.24) is 15.2 Å². The first-order valence-corrected chi connectivity index (χ1v) is 9.88. The number of aromatic nitrogens is 3. The highest BCUT2D eigenvalue weighted by molar-refractivity contribution is 8.00. The first-order chi connectivity index (χ1) is 14.0. The van der Waals surface area contributed by atoms with Crippen LogP contribution in [0.5, 0.6) is 0 Å². The average Bonchev–Trinajstić information content (AvgIpc) is 3.34. The number of hydrogen-bond acceptors (Lipinski definition) is 6. The second kappa shape index (κ2) is 7.92. The van der Waals surface area contributed by atoms with Crippen molar-refractivity contribution in [2.45, 2.75) is 24.3 Å². The number of carbonyl (C=O) groups excluding carboxylic acids is 2. The molecule has 1 atom stereocenters. The maximum absolute atomic E-state index is 12.5. The number of H-pyrrole nitrogens is 1. The Kier molecular flexibility index (Phi) is 5.18. The van der Waals surface area contributed by atoms with Crippen LogP contribution in [0, 0.1) is 0 Å². The summed E-state index contributed by atoms with van der Waals surface area (Å²) in [5.41, 5.74) is 2.91. The van der Waals surface area contributed by atoms with Crippen LogP contribution in [0.1, 0.15) is 24.2 Å². The van der Waals surface area contributed by atoms with Crippen molar-refractivity contribution in [3.63, 3.8) is 0 Å². The summed E-state index contributed by atoms with van der Waals surface area (Å²) in [7, 11) is 0. The van der Waals surface area contributed by atoms with Crippen LogP contribution in [0.2, 0.25) is 0 Å². The van der Waals surface area contributed by atoms with E-state index in [1.807, 2.05) is 30.5 Å². The third-order valence-corrected chi connectivity index (χ3v) is 5.34. The Morgan fingerprint density at radius 2 is 1.97 bits per heavy atom. The zero-order chi connectivity index (χ0) is 20.4. The molecule has 1 unspecified atom stereocenters. The molecule has 2 aromatic heterocycles. The number of aromatic amines is 1. The molecule has 0 bridgehead atoms. The van der Waals surface area contributed by atoms with Crippen LogP contribution < -0.4 is 5.32 Å². The van der Waals surface area contributed by atoms with E-state index in [0.717, 1.165) is 16.5 Å². The molecule has 146 valence electrons. The quantitative estimate of drug-likeness (QED) is 0.360. The Morgan fingerprint density at radius 3 is 2.79 bits per heavy atom. The summed E-state index contributed by atoms with van der Waals surface area (Å²) < 4.78 is 5.75. The fourth-order valence-corrected chi connectivity index (χ4v) is 3.56. The van der Waals surface area contributed by atoms with Gasteiger partial charge >= 0.3 is 0 Å². The van der Waals surface area contributed by atoms with E-state index in [4.69, 9.17) is 4.42 Å². The van der Waals surface area contributed by atoms with Crippen molar-refractivity contribution < 1.29 is 14.0 Å². The van der Waals surface area contributed by atoms with Gasteiger partial charge in [-0.2, -0.15) is 0 Å². The van der Waals surface area contributed by atoms with E-state index >= 15 is 0 Å². The SMILES string of the molecule is CC(=O)c1cccc(NC(=O)C(C)Sc2nnc(-c3c[nH]c4ccccc34)o2)c1. The lowest BCUT2D eigenvalue weighted by atomic mass is 10.1. The molecule has 0 radical (unpaired) electrons. The second-order valence-electron chi connectivity index (χ2n) is 6.51. The van der Waals surface area contributed by atoms with Gasteiger partial charge in [-0.05, 0) is 32.0 Å². The predicted octanol–water partition coefficient (Wildman–Crippen LogP) is 4.54. The molecular weight excluding hydrogens is 388 g/mol. The first-order valence-electron chi connectivity index (χ1n) is 9.00. The van der Waals surface area contributed by atoms with Crippen LogP contribution in [0.4, 0.5) is 5.69 Å². The molecule has 0 saturated carbocycles. The molecule has 4 aromatic rings. The predicted molar refractivity (Wildman–Crippen MR) is 112 cm³/mol. The molecule has 0 aliphatic rings. The number of anilines is 1. The van der Waals surface area contributed by atoms with Gasteiger partial charge in [-0.3, -0.25) is 9.59 Å². The highest BCUT2D eigenvalue weighted by atomic mass is 32.2. The van der Waals surface area contributed by atoms with E-state index in [-0.39, 0.29) is 11.7 Å². The zero-order valence-corrected chi connectivity index (χ0v) is 16.6. The smallest absolute Gasteiger partial charge is 0.277 e. The van der Waals surface area contributed by atoms with Crippen molar-refractivity contribution >= 4 is 40.0 Å². The molecule has 4 rings (SSSR count). The number of benzene rings is 2. The minimum Gasteiger partial charge on any atom is -0.411 e. The maximum atomic E-state index is 12.5. The normalized spacial score (nSPS) is 12.1. The lowest BCUT2D eigenvalue weighted by molar-refractivity contribution is -0.115. The number of rotatable bonds is 6. The van der Waals surface area contributed by atoms with Crippen LogP contribution in [0.15, 0.2) is 64.4 Å². The van der Waals surface area contributed by atoms with Crippen LogP contribution in [-0.4, -0.2) is 32.1 Å². The Hall–Kier alpha value is -3.39. The Morgan fingerprint density at radius 1 is 1.14 bits per heavy atom. The topological polar surface area (TPSA) is 101 Å². The number of ketones is 1. The van der Waals surface area contributed by atoms with Crippen LogP contribution >= 0.6 is 11.8 Å². The summed E-state index contributed by atoms with van der Waals surface area (Å²) >= 11 is 1.18. The van der Waals surface area contributed by atoms with Gasteiger partial charge in [0.15, 0.2) is 5.78 Å². The molecule has 29 heavy (non-hydrogen) atoms. The van der Waals surface area contributed by atoms with Gasteiger partial charge in [-0.25, -0.2) is 0 Å².